The lowest BCUT2D eigenvalue weighted by Gasteiger charge is -2.31. The second-order valence-corrected chi connectivity index (χ2v) is 7.67. The summed E-state index contributed by atoms with van der Waals surface area (Å²) >= 11 is 0. The first-order chi connectivity index (χ1) is 10.3. The van der Waals surface area contributed by atoms with Gasteiger partial charge in [0, 0.05) is 24.7 Å². The molecule has 3 unspecified atom stereocenters. The smallest absolute Gasteiger partial charge is 0.410 e. The quantitative estimate of drug-likeness (QED) is 0.760. The zero-order chi connectivity index (χ0) is 16.8. The lowest BCUT2D eigenvalue weighted by Crippen LogP contribution is -2.44. The molecule has 0 aliphatic carbocycles. The number of hydrogen-bond donors (Lipinski definition) is 1. The average Bonchev–Trinajstić information content (AvgIpc) is 2.84. The fourth-order valence-corrected chi connectivity index (χ4v) is 3.27. The van der Waals surface area contributed by atoms with E-state index in [0.717, 1.165) is 25.8 Å². The topological polar surface area (TPSA) is 41.6 Å². The molecule has 22 heavy (non-hydrogen) atoms. The van der Waals surface area contributed by atoms with Gasteiger partial charge in [-0.1, -0.05) is 20.3 Å². The van der Waals surface area contributed by atoms with Crippen LogP contribution in [0.5, 0.6) is 0 Å². The highest BCUT2D eigenvalue weighted by atomic mass is 16.6. The number of carbonyl (C=O) groups excluding carboxylic acids is 1. The molecule has 1 aliphatic rings. The molecule has 1 N–H and O–H groups in total. The normalized spacial score (nSPS) is 21.7. The van der Waals surface area contributed by atoms with Crippen molar-refractivity contribution >= 4 is 6.09 Å². The van der Waals surface area contributed by atoms with Crippen LogP contribution in [0.4, 0.5) is 4.79 Å². The van der Waals surface area contributed by atoms with Gasteiger partial charge in [-0.2, -0.15) is 0 Å². The Hall–Kier alpha value is -0.770. The van der Waals surface area contributed by atoms with Gasteiger partial charge in [0.15, 0.2) is 0 Å². The van der Waals surface area contributed by atoms with E-state index in [-0.39, 0.29) is 6.09 Å². The highest BCUT2D eigenvalue weighted by Crippen LogP contribution is 2.24. The van der Waals surface area contributed by atoms with Crippen LogP contribution in [0.1, 0.15) is 80.1 Å². The molecule has 1 aliphatic heterocycles. The van der Waals surface area contributed by atoms with Crippen molar-refractivity contribution in [2.24, 2.45) is 0 Å². The van der Waals surface area contributed by atoms with Crippen molar-refractivity contribution in [2.75, 3.05) is 6.54 Å². The maximum absolute atomic E-state index is 12.3. The minimum absolute atomic E-state index is 0.150. The Balaban J connectivity index is 2.50. The lowest BCUT2D eigenvalue weighted by atomic mass is 10.0. The largest absolute Gasteiger partial charge is 0.444 e. The predicted octanol–water partition coefficient (Wildman–Crippen LogP) is 4.33. The molecule has 0 radical (unpaired) electrons. The van der Waals surface area contributed by atoms with Crippen LogP contribution in [0.2, 0.25) is 0 Å². The molecule has 1 amide bonds. The Morgan fingerprint density at radius 1 is 1.36 bits per heavy atom. The highest BCUT2D eigenvalue weighted by molar-refractivity contribution is 5.68. The average molecular weight is 312 g/mol. The van der Waals surface area contributed by atoms with E-state index in [1.54, 1.807) is 0 Å². The van der Waals surface area contributed by atoms with E-state index in [9.17, 15) is 4.79 Å². The molecule has 0 aromatic carbocycles. The maximum Gasteiger partial charge on any atom is 0.410 e. The van der Waals surface area contributed by atoms with E-state index in [0.29, 0.717) is 18.1 Å². The van der Waals surface area contributed by atoms with Crippen LogP contribution in [0.3, 0.4) is 0 Å². The molecule has 1 saturated heterocycles. The number of nitrogens with one attached hydrogen (secondary N) is 1. The minimum atomic E-state index is -0.414. The van der Waals surface area contributed by atoms with Crippen LogP contribution in [0, 0.1) is 0 Å². The molecular formula is C18H36N2O2. The first-order valence-corrected chi connectivity index (χ1v) is 9.02. The van der Waals surface area contributed by atoms with Gasteiger partial charge in [-0.15, -0.1) is 0 Å². The fourth-order valence-electron chi connectivity index (χ4n) is 3.27. The molecule has 1 heterocycles. The van der Waals surface area contributed by atoms with Crippen molar-refractivity contribution in [2.45, 2.75) is 104 Å². The zero-order valence-electron chi connectivity index (χ0n) is 15.4. The van der Waals surface area contributed by atoms with E-state index < -0.39 is 5.60 Å². The number of carbonyl (C=O) groups is 1. The van der Waals surface area contributed by atoms with Gasteiger partial charge in [-0.3, -0.25) is 0 Å². The summed E-state index contributed by atoms with van der Waals surface area (Å²) < 4.78 is 5.54. The van der Waals surface area contributed by atoms with E-state index in [1.807, 2.05) is 25.7 Å². The van der Waals surface area contributed by atoms with Gasteiger partial charge in [0.05, 0.1) is 0 Å². The van der Waals surface area contributed by atoms with Crippen LogP contribution in [0.25, 0.3) is 0 Å². The number of hydrogen-bond acceptors (Lipinski definition) is 3. The van der Waals surface area contributed by atoms with Gasteiger partial charge in [0.1, 0.15) is 5.60 Å². The third-order valence-corrected chi connectivity index (χ3v) is 4.28. The van der Waals surface area contributed by atoms with Crippen LogP contribution in [-0.4, -0.2) is 41.3 Å². The number of rotatable bonds is 7. The molecule has 1 rings (SSSR count). The number of amides is 1. The van der Waals surface area contributed by atoms with Crippen LogP contribution < -0.4 is 5.32 Å². The van der Waals surface area contributed by atoms with E-state index in [1.165, 1.54) is 19.3 Å². The molecule has 3 atom stereocenters. The van der Waals surface area contributed by atoms with Crippen molar-refractivity contribution < 1.29 is 9.53 Å². The number of nitrogens with zero attached hydrogens (tertiary/aromatic N) is 1. The summed E-state index contributed by atoms with van der Waals surface area (Å²) in [4.78, 5) is 14.3. The zero-order valence-corrected chi connectivity index (χ0v) is 15.4. The van der Waals surface area contributed by atoms with E-state index >= 15 is 0 Å². The Bertz CT molecular complexity index is 338. The van der Waals surface area contributed by atoms with Crippen molar-refractivity contribution in [3.8, 4) is 0 Å². The SMILES string of the molecule is CCCC(CC)NC(C)CC1CCCN1C(=O)OC(C)(C)C. The van der Waals surface area contributed by atoms with Crippen molar-refractivity contribution in [1.29, 1.82) is 0 Å². The van der Waals surface area contributed by atoms with Crippen molar-refractivity contribution in [1.82, 2.24) is 10.2 Å². The molecule has 4 heteroatoms. The van der Waals surface area contributed by atoms with Crippen molar-refractivity contribution in [3.63, 3.8) is 0 Å². The third-order valence-electron chi connectivity index (χ3n) is 4.28. The molecule has 0 aromatic heterocycles. The third kappa shape index (κ3) is 6.55. The Kier molecular flexibility index (Phi) is 7.67. The van der Waals surface area contributed by atoms with E-state index in [4.69, 9.17) is 4.74 Å². The van der Waals surface area contributed by atoms with E-state index in [2.05, 4.69) is 26.1 Å². The monoisotopic (exact) mass is 312 g/mol. The Morgan fingerprint density at radius 2 is 2.05 bits per heavy atom. The lowest BCUT2D eigenvalue weighted by molar-refractivity contribution is 0.0214. The van der Waals surface area contributed by atoms with Gasteiger partial charge >= 0.3 is 6.09 Å². The minimum Gasteiger partial charge on any atom is -0.444 e. The highest BCUT2D eigenvalue weighted by Gasteiger charge is 2.33. The molecule has 4 nitrogen and oxygen atoms in total. The van der Waals surface area contributed by atoms with Crippen LogP contribution in [-0.2, 0) is 4.74 Å². The Labute approximate surface area is 137 Å². The number of likely N-dealkylation sites (tertiary alicyclic amines) is 1. The maximum atomic E-state index is 12.3. The summed E-state index contributed by atoms with van der Waals surface area (Å²) in [6.45, 7) is 13.3. The molecule has 130 valence electrons. The molecule has 0 saturated carbocycles. The van der Waals surface area contributed by atoms with Crippen molar-refractivity contribution in [3.05, 3.63) is 0 Å². The summed E-state index contributed by atoms with van der Waals surface area (Å²) in [5.41, 5.74) is -0.414. The fraction of sp³-hybridized carbons (Fsp3) is 0.944. The molecule has 0 spiro atoms. The van der Waals surface area contributed by atoms with Gasteiger partial charge in [-0.05, 0) is 59.8 Å². The second-order valence-electron chi connectivity index (χ2n) is 7.67. The summed E-state index contributed by atoms with van der Waals surface area (Å²) in [6.07, 6.45) is 6.65. The summed E-state index contributed by atoms with van der Waals surface area (Å²) in [7, 11) is 0. The van der Waals surface area contributed by atoms with Crippen LogP contribution >= 0.6 is 0 Å². The van der Waals surface area contributed by atoms with Crippen LogP contribution in [0.15, 0.2) is 0 Å². The predicted molar refractivity (Wildman–Crippen MR) is 92.2 cm³/mol. The summed E-state index contributed by atoms with van der Waals surface area (Å²) in [5, 5.41) is 3.72. The number of ether oxygens (including phenoxy) is 1. The van der Waals surface area contributed by atoms with Gasteiger partial charge < -0.3 is 15.0 Å². The summed E-state index contributed by atoms with van der Waals surface area (Å²) in [5.74, 6) is 0. The van der Waals surface area contributed by atoms with Gasteiger partial charge in [0.25, 0.3) is 0 Å². The van der Waals surface area contributed by atoms with Gasteiger partial charge in [0.2, 0.25) is 0 Å². The molecule has 0 bridgehead atoms. The second kappa shape index (κ2) is 8.76. The van der Waals surface area contributed by atoms with Gasteiger partial charge in [-0.25, -0.2) is 4.79 Å². The molecule has 1 fully saturated rings. The first kappa shape index (κ1) is 19.3. The standard InChI is InChI=1S/C18H36N2O2/c1-7-10-15(8-2)19-14(3)13-16-11-9-12-20(16)17(21)22-18(4,5)6/h14-16,19H,7-13H2,1-6H3. The Morgan fingerprint density at radius 3 is 2.59 bits per heavy atom. The summed E-state index contributed by atoms with van der Waals surface area (Å²) in [6, 6.07) is 1.34. The molecular weight excluding hydrogens is 276 g/mol. The first-order valence-electron chi connectivity index (χ1n) is 9.02. The molecule has 0 aromatic rings.